The second-order valence-electron chi connectivity index (χ2n) is 3.83. The molecule has 1 unspecified atom stereocenters. The fourth-order valence-corrected chi connectivity index (χ4v) is 3.88. The predicted molar refractivity (Wildman–Crippen MR) is 79.3 cm³/mol. The molecule has 118 valence electrons. The number of hydrogen-bond donors (Lipinski definition) is 2. The average Bonchev–Trinajstić information content (AvgIpc) is 2.38. The quantitative estimate of drug-likeness (QED) is 0.716. The van der Waals surface area contributed by atoms with Gasteiger partial charge in [-0.1, -0.05) is 11.6 Å². The second kappa shape index (κ2) is 7.41. The summed E-state index contributed by atoms with van der Waals surface area (Å²) in [5.41, 5.74) is 0. The van der Waals surface area contributed by atoms with Crippen molar-refractivity contribution in [2.24, 2.45) is 0 Å². The maximum atomic E-state index is 12.2. The lowest BCUT2D eigenvalue weighted by atomic mass is 10.3. The first-order valence-electron chi connectivity index (χ1n) is 5.51. The van der Waals surface area contributed by atoms with Crippen molar-refractivity contribution in [3.05, 3.63) is 21.6 Å². The van der Waals surface area contributed by atoms with Gasteiger partial charge < -0.3 is 14.6 Å². The fourth-order valence-electron chi connectivity index (χ4n) is 1.47. The number of ether oxygens (including phenoxy) is 2. The van der Waals surface area contributed by atoms with Crippen LogP contribution in [0.3, 0.4) is 0 Å². The summed E-state index contributed by atoms with van der Waals surface area (Å²) in [6.07, 6.45) is -1.30. The molecule has 7 nitrogen and oxygen atoms in total. The minimum absolute atomic E-state index is 0.0659. The van der Waals surface area contributed by atoms with E-state index < -0.39 is 28.6 Å². The van der Waals surface area contributed by atoms with Crippen molar-refractivity contribution >= 4 is 43.5 Å². The molecular formula is C11H13BrClNO6S. The Kier molecular flexibility index (Phi) is 6.41. The van der Waals surface area contributed by atoms with Crippen molar-refractivity contribution in [2.75, 3.05) is 20.8 Å². The highest BCUT2D eigenvalue weighted by Crippen LogP contribution is 2.35. The van der Waals surface area contributed by atoms with E-state index in [-0.39, 0.29) is 15.7 Å². The monoisotopic (exact) mass is 401 g/mol. The summed E-state index contributed by atoms with van der Waals surface area (Å²) >= 11 is 8.98. The summed E-state index contributed by atoms with van der Waals surface area (Å²) in [5.74, 6) is -1.21. The molecule has 10 heteroatoms. The van der Waals surface area contributed by atoms with E-state index in [1.54, 1.807) is 0 Å². The molecule has 1 rings (SSSR count). The van der Waals surface area contributed by atoms with E-state index in [1.165, 1.54) is 26.4 Å². The average molecular weight is 403 g/mol. The minimum atomic E-state index is -4.02. The number of nitrogens with one attached hydrogen (secondary N) is 1. The summed E-state index contributed by atoms with van der Waals surface area (Å²) in [4.78, 5) is 10.6. The molecule has 0 aliphatic heterocycles. The van der Waals surface area contributed by atoms with Gasteiger partial charge in [-0.3, -0.25) is 0 Å². The van der Waals surface area contributed by atoms with Crippen LogP contribution in [0.15, 0.2) is 21.5 Å². The Hall–Kier alpha value is -0.870. The van der Waals surface area contributed by atoms with Gasteiger partial charge in [-0.15, -0.1) is 0 Å². The first-order chi connectivity index (χ1) is 9.72. The molecule has 0 spiro atoms. The zero-order chi connectivity index (χ0) is 16.2. The van der Waals surface area contributed by atoms with Crippen molar-refractivity contribution in [2.45, 2.75) is 11.0 Å². The lowest BCUT2D eigenvalue weighted by molar-refractivity contribution is -0.147. The third-order valence-electron chi connectivity index (χ3n) is 2.49. The molecule has 21 heavy (non-hydrogen) atoms. The van der Waals surface area contributed by atoms with Crippen molar-refractivity contribution < 1.29 is 27.8 Å². The maximum absolute atomic E-state index is 12.2. The van der Waals surface area contributed by atoms with Gasteiger partial charge in [-0.2, -0.15) is 0 Å². The van der Waals surface area contributed by atoms with Crippen LogP contribution in [-0.2, 0) is 19.6 Å². The van der Waals surface area contributed by atoms with E-state index in [1.807, 2.05) is 0 Å². The van der Waals surface area contributed by atoms with Gasteiger partial charge in [-0.25, -0.2) is 17.9 Å². The molecule has 0 aliphatic rings. The number of rotatable bonds is 7. The van der Waals surface area contributed by atoms with Crippen LogP contribution in [0.2, 0.25) is 5.02 Å². The van der Waals surface area contributed by atoms with E-state index in [0.29, 0.717) is 4.47 Å². The van der Waals surface area contributed by atoms with Gasteiger partial charge in [0.2, 0.25) is 10.0 Å². The first-order valence-corrected chi connectivity index (χ1v) is 8.16. The molecule has 2 N–H and O–H groups in total. The molecule has 0 radical (unpaired) electrons. The number of benzene rings is 1. The highest BCUT2D eigenvalue weighted by atomic mass is 79.9. The van der Waals surface area contributed by atoms with Gasteiger partial charge in [0.1, 0.15) is 4.90 Å². The number of carboxylic acids is 1. The summed E-state index contributed by atoms with van der Waals surface area (Å²) in [7, 11) is -1.54. The molecule has 0 saturated heterocycles. The lowest BCUT2D eigenvalue weighted by Gasteiger charge is -2.15. The summed E-state index contributed by atoms with van der Waals surface area (Å²) in [5, 5.41) is 9.00. The number of hydrogen-bond acceptors (Lipinski definition) is 5. The largest absolute Gasteiger partial charge is 0.494 e. The standard InChI is InChI=1S/C11H13BrClNO6S/c1-19-8(11(15)16)5-14-21(17,18)9-4-6(13)3-7(12)10(9)20-2/h3-4,8,14H,5H2,1-2H3,(H,15,16). The van der Waals surface area contributed by atoms with Crippen molar-refractivity contribution in [1.82, 2.24) is 4.72 Å². The Morgan fingerprint density at radius 3 is 2.57 bits per heavy atom. The third-order valence-corrected chi connectivity index (χ3v) is 4.72. The zero-order valence-electron chi connectivity index (χ0n) is 11.1. The zero-order valence-corrected chi connectivity index (χ0v) is 14.3. The molecular weight excluding hydrogens is 390 g/mol. The van der Waals surface area contributed by atoms with Crippen LogP contribution < -0.4 is 9.46 Å². The minimum Gasteiger partial charge on any atom is -0.494 e. The number of halogens is 2. The SMILES string of the molecule is COc1c(Br)cc(Cl)cc1S(=O)(=O)NCC(OC)C(=O)O. The Labute approximate surface area is 135 Å². The second-order valence-corrected chi connectivity index (χ2v) is 6.86. The Morgan fingerprint density at radius 2 is 2.10 bits per heavy atom. The molecule has 0 fully saturated rings. The van der Waals surface area contributed by atoms with Crippen molar-refractivity contribution in [3.63, 3.8) is 0 Å². The van der Waals surface area contributed by atoms with Gasteiger partial charge in [0.05, 0.1) is 11.6 Å². The predicted octanol–water partition coefficient (Wildman–Crippen LogP) is 1.49. The molecule has 0 aliphatic carbocycles. The molecule has 1 atom stereocenters. The number of carbonyl (C=O) groups is 1. The molecule has 0 amide bonds. The van der Waals surface area contributed by atoms with Gasteiger partial charge in [0.25, 0.3) is 0 Å². The Bertz CT molecular complexity index is 636. The van der Waals surface area contributed by atoms with E-state index in [0.717, 1.165) is 0 Å². The normalized spacial score (nSPS) is 13.0. The van der Waals surface area contributed by atoms with Gasteiger partial charge in [0.15, 0.2) is 11.9 Å². The number of carboxylic acid groups (broad SMARTS) is 1. The van der Waals surface area contributed by atoms with Crippen LogP contribution in [0.5, 0.6) is 5.75 Å². The Balaban J connectivity index is 3.11. The summed E-state index contributed by atoms with van der Waals surface area (Å²) in [6, 6.07) is 2.69. The summed E-state index contributed by atoms with van der Waals surface area (Å²) in [6.45, 7) is -0.429. The van der Waals surface area contributed by atoms with Crippen LogP contribution in [-0.4, -0.2) is 46.4 Å². The van der Waals surface area contributed by atoms with Crippen LogP contribution in [0.4, 0.5) is 0 Å². The van der Waals surface area contributed by atoms with Gasteiger partial charge >= 0.3 is 5.97 Å². The van der Waals surface area contributed by atoms with Crippen LogP contribution in [0, 0.1) is 0 Å². The molecule has 0 saturated carbocycles. The van der Waals surface area contributed by atoms with E-state index in [2.05, 4.69) is 25.4 Å². The van der Waals surface area contributed by atoms with E-state index in [4.69, 9.17) is 21.4 Å². The van der Waals surface area contributed by atoms with Crippen molar-refractivity contribution in [3.8, 4) is 5.75 Å². The fraction of sp³-hybridized carbons (Fsp3) is 0.364. The smallest absolute Gasteiger partial charge is 0.334 e. The molecule has 1 aromatic carbocycles. The van der Waals surface area contributed by atoms with Crippen LogP contribution in [0.1, 0.15) is 0 Å². The molecule has 0 heterocycles. The highest BCUT2D eigenvalue weighted by Gasteiger charge is 2.25. The van der Waals surface area contributed by atoms with Crippen LogP contribution >= 0.6 is 27.5 Å². The van der Waals surface area contributed by atoms with Gasteiger partial charge in [0, 0.05) is 18.7 Å². The number of sulfonamides is 1. The van der Waals surface area contributed by atoms with E-state index in [9.17, 15) is 13.2 Å². The Morgan fingerprint density at radius 1 is 1.48 bits per heavy atom. The van der Waals surface area contributed by atoms with Crippen molar-refractivity contribution in [1.29, 1.82) is 0 Å². The molecule has 1 aromatic rings. The topological polar surface area (TPSA) is 102 Å². The van der Waals surface area contributed by atoms with E-state index >= 15 is 0 Å². The molecule has 0 bridgehead atoms. The number of aliphatic carboxylic acids is 1. The summed E-state index contributed by atoms with van der Waals surface area (Å²) < 4.78 is 36.7. The maximum Gasteiger partial charge on any atom is 0.334 e. The lowest BCUT2D eigenvalue weighted by Crippen LogP contribution is -2.37. The van der Waals surface area contributed by atoms with Crippen LogP contribution in [0.25, 0.3) is 0 Å². The third kappa shape index (κ3) is 4.55. The number of methoxy groups -OCH3 is 2. The molecule has 0 aromatic heterocycles. The highest BCUT2D eigenvalue weighted by molar-refractivity contribution is 9.10. The van der Waals surface area contributed by atoms with Gasteiger partial charge in [-0.05, 0) is 28.1 Å². The first kappa shape index (κ1) is 18.2.